The van der Waals surface area contributed by atoms with Gasteiger partial charge < -0.3 is 20.1 Å². The molecule has 6 rings (SSSR count). The van der Waals surface area contributed by atoms with Gasteiger partial charge in [0.1, 0.15) is 53.3 Å². The Balaban J connectivity index is 1.22. The van der Waals surface area contributed by atoms with Crippen molar-refractivity contribution in [2.45, 2.75) is 26.0 Å². The third-order valence-electron chi connectivity index (χ3n) is 6.96. The fourth-order valence-electron chi connectivity index (χ4n) is 4.88. The first-order valence-corrected chi connectivity index (χ1v) is 13.3. The lowest BCUT2D eigenvalue weighted by Gasteiger charge is -2.14. The second kappa shape index (κ2) is 11.2. The molecule has 1 aliphatic heterocycles. The molecule has 0 spiro atoms. The molecule has 0 aliphatic carbocycles. The molecule has 5 aromatic rings. The second-order valence-electron chi connectivity index (χ2n) is 9.86. The molecule has 3 aromatic heterocycles. The highest BCUT2D eigenvalue weighted by Gasteiger charge is 2.30. The molecule has 2 aromatic carbocycles. The molecule has 1 atom stereocenters. The van der Waals surface area contributed by atoms with Gasteiger partial charge in [-0.25, -0.2) is 29.0 Å². The van der Waals surface area contributed by atoms with E-state index in [0.717, 1.165) is 17.5 Å². The molecule has 12 heteroatoms. The summed E-state index contributed by atoms with van der Waals surface area (Å²) in [5, 5.41) is 5.49. The first-order valence-electron chi connectivity index (χ1n) is 13.3. The van der Waals surface area contributed by atoms with Crippen LogP contribution >= 0.6 is 0 Å². The van der Waals surface area contributed by atoms with E-state index in [1.165, 1.54) is 24.5 Å². The number of halogens is 1. The van der Waals surface area contributed by atoms with Crippen molar-refractivity contribution in [3.05, 3.63) is 91.0 Å². The number of hydrogen-bond acceptors (Lipinski definition) is 9. The Bertz CT molecular complexity index is 1770. The maximum atomic E-state index is 14.4. The minimum atomic E-state index is -0.493. The topological polar surface area (TPSA) is 134 Å². The fourth-order valence-corrected chi connectivity index (χ4v) is 4.88. The predicted octanol–water partition coefficient (Wildman–Crippen LogP) is 4.64. The van der Waals surface area contributed by atoms with Crippen LogP contribution < -0.4 is 15.2 Å². The average molecular weight is 567 g/mol. The van der Waals surface area contributed by atoms with Crippen LogP contribution in [0.2, 0.25) is 0 Å². The molecular weight excluding hydrogens is 539 g/mol. The van der Waals surface area contributed by atoms with Crippen LogP contribution in [0.5, 0.6) is 17.2 Å². The number of nitrogens with two attached hydrogens (primary N) is 1. The third-order valence-corrected chi connectivity index (χ3v) is 6.96. The quantitative estimate of drug-likeness (QED) is 0.267. The zero-order valence-corrected chi connectivity index (χ0v) is 22.8. The number of aromatic nitrogens is 6. The van der Waals surface area contributed by atoms with E-state index in [9.17, 15) is 9.18 Å². The third kappa shape index (κ3) is 5.46. The molecule has 0 saturated carbocycles. The molecule has 1 fully saturated rings. The lowest BCUT2D eigenvalue weighted by Crippen LogP contribution is -2.27. The molecule has 2 N–H and O–H groups in total. The molecule has 1 amide bonds. The number of nitrogens with zero attached hydrogens (tertiary/aromatic N) is 7. The number of benzene rings is 2. The van der Waals surface area contributed by atoms with E-state index in [1.807, 2.05) is 16.8 Å². The number of amides is 1. The fraction of sp³-hybridized carbons (Fsp3) is 0.200. The molecule has 0 radical (unpaired) electrons. The smallest absolute Gasteiger partial charge is 0.246 e. The molecule has 212 valence electrons. The van der Waals surface area contributed by atoms with Crippen LogP contribution in [-0.4, -0.2) is 53.6 Å². The number of carbonyl (C=O) groups is 1. The van der Waals surface area contributed by atoms with E-state index in [-0.39, 0.29) is 24.3 Å². The molecule has 4 heterocycles. The number of hydrogen-bond donors (Lipinski definition) is 1. The summed E-state index contributed by atoms with van der Waals surface area (Å²) in [6.07, 6.45) is 6.78. The number of fused-ring (bicyclic) bond motifs is 1. The van der Waals surface area contributed by atoms with Gasteiger partial charge in [0.05, 0.1) is 11.4 Å². The summed E-state index contributed by atoms with van der Waals surface area (Å²) < 4.78 is 27.8. The number of nitrogen functional groups attached to an aromatic ring is 1. The van der Waals surface area contributed by atoms with E-state index >= 15 is 0 Å². The van der Waals surface area contributed by atoms with Crippen LogP contribution in [0.25, 0.3) is 22.3 Å². The molecule has 42 heavy (non-hydrogen) atoms. The molecule has 11 nitrogen and oxygen atoms in total. The van der Waals surface area contributed by atoms with Crippen molar-refractivity contribution in [2.75, 3.05) is 18.8 Å². The SMILES string of the molecule is C=CC(=O)N1CC[C@@H](n2nc(-c3ccc(Oc4cc(F)cc(OCc5cnc(C)nc5)c4)cc3)c3c(N)ncnc32)C1. The van der Waals surface area contributed by atoms with Gasteiger partial charge in [0.25, 0.3) is 0 Å². The average Bonchev–Trinajstić information content (AvgIpc) is 3.63. The van der Waals surface area contributed by atoms with Crippen LogP contribution in [0, 0.1) is 12.7 Å². The van der Waals surface area contributed by atoms with Crippen LogP contribution in [0.3, 0.4) is 0 Å². The van der Waals surface area contributed by atoms with Gasteiger partial charge in [-0.1, -0.05) is 6.58 Å². The highest BCUT2D eigenvalue weighted by molar-refractivity contribution is 5.98. The van der Waals surface area contributed by atoms with Crippen LogP contribution in [0.15, 0.2) is 73.8 Å². The zero-order valence-electron chi connectivity index (χ0n) is 22.8. The summed E-state index contributed by atoms with van der Waals surface area (Å²) in [5.41, 5.74) is 9.02. The van der Waals surface area contributed by atoms with Gasteiger partial charge in [-0.3, -0.25) is 4.79 Å². The molecule has 0 unspecified atom stereocenters. The normalized spacial score (nSPS) is 14.7. The first-order chi connectivity index (χ1) is 20.4. The Kier molecular flexibility index (Phi) is 7.17. The first kappa shape index (κ1) is 26.8. The van der Waals surface area contributed by atoms with Gasteiger partial charge in [0, 0.05) is 54.8 Å². The van der Waals surface area contributed by atoms with Gasteiger partial charge in [-0.15, -0.1) is 0 Å². The number of likely N-dealkylation sites (tertiary alicyclic amines) is 1. The summed E-state index contributed by atoms with van der Waals surface area (Å²) in [4.78, 5) is 30.8. The lowest BCUT2D eigenvalue weighted by atomic mass is 10.1. The van der Waals surface area contributed by atoms with E-state index in [0.29, 0.717) is 53.0 Å². The van der Waals surface area contributed by atoms with Crippen molar-refractivity contribution < 1.29 is 18.7 Å². The van der Waals surface area contributed by atoms with Gasteiger partial charge in [0.2, 0.25) is 5.91 Å². The number of rotatable bonds is 8. The van der Waals surface area contributed by atoms with Gasteiger partial charge in [0.15, 0.2) is 5.65 Å². The number of carbonyl (C=O) groups excluding carboxylic acids is 1. The predicted molar refractivity (Wildman–Crippen MR) is 153 cm³/mol. The summed E-state index contributed by atoms with van der Waals surface area (Å²) in [7, 11) is 0. The highest BCUT2D eigenvalue weighted by Crippen LogP contribution is 2.35. The molecule has 1 saturated heterocycles. The number of ether oxygens (including phenoxy) is 2. The highest BCUT2D eigenvalue weighted by atomic mass is 19.1. The van der Waals surface area contributed by atoms with Crippen LogP contribution in [0.4, 0.5) is 10.2 Å². The van der Waals surface area contributed by atoms with Crippen molar-refractivity contribution >= 4 is 22.8 Å². The zero-order chi connectivity index (χ0) is 29.2. The van der Waals surface area contributed by atoms with Crippen molar-refractivity contribution in [3.8, 4) is 28.5 Å². The van der Waals surface area contributed by atoms with E-state index in [4.69, 9.17) is 20.3 Å². The molecule has 0 bridgehead atoms. The maximum Gasteiger partial charge on any atom is 0.246 e. The van der Waals surface area contributed by atoms with E-state index in [1.54, 1.807) is 42.4 Å². The Morgan fingerprint density at radius 1 is 1.10 bits per heavy atom. The van der Waals surface area contributed by atoms with Crippen molar-refractivity contribution in [2.24, 2.45) is 0 Å². The molecular formula is C30H27FN8O3. The Morgan fingerprint density at radius 2 is 1.86 bits per heavy atom. The summed E-state index contributed by atoms with van der Waals surface area (Å²) >= 11 is 0. The van der Waals surface area contributed by atoms with E-state index < -0.39 is 5.82 Å². The largest absolute Gasteiger partial charge is 0.489 e. The maximum absolute atomic E-state index is 14.4. The van der Waals surface area contributed by atoms with Crippen molar-refractivity contribution in [3.63, 3.8) is 0 Å². The van der Waals surface area contributed by atoms with Crippen molar-refractivity contribution in [1.82, 2.24) is 34.6 Å². The monoisotopic (exact) mass is 566 g/mol. The number of aryl methyl sites for hydroxylation is 1. The van der Waals surface area contributed by atoms with Crippen LogP contribution in [0.1, 0.15) is 23.9 Å². The summed E-state index contributed by atoms with van der Waals surface area (Å²) in [5.74, 6) is 1.45. The summed E-state index contributed by atoms with van der Waals surface area (Å²) in [6, 6.07) is 11.3. The standard InChI is InChI=1S/C30H27FN8O3/c1-3-26(40)38-9-8-22(15-38)39-30-27(29(32)35-17-36-30)28(37-39)20-4-6-23(7-5-20)42-25-11-21(31)10-24(12-25)41-16-19-13-33-18(2)34-14-19/h3-7,10-14,17,22H,1,8-9,15-16H2,2H3,(H2,32,35,36)/t22-/m1/s1. The van der Waals surface area contributed by atoms with E-state index in [2.05, 4.69) is 26.5 Å². The van der Waals surface area contributed by atoms with Gasteiger partial charge >= 0.3 is 0 Å². The summed E-state index contributed by atoms with van der Waals surface area (Å²) in [6.45, 7) is 6.67. The second-order valence-corrected chi connectivity index (χ2v) is 9.86. The van der Waals surface area contributed by atoms with Gasteiger partial charge in [-0.05, 0) is 43.7 Å². The Hall–Kier alpha value is -5.39. The minimum Gasteiger partial charge on any atom is -0.489 e. The Morgan fingerprint density at radius 3 is 2.62 bits per heavy atom. The van der Waals surface area contributed by atoms with Gasteiger partial charge in [-0.2, -0.15) is 5.10 Å². The Labute approximate surface area is 240 Å². The molecule has 1 aliphatic rings. The van der Waals surface area contributed by atoms with Crippen molar-refractivity contribution in [1.29, 1.82) is 0 Å². The number of anilines is 1. The minimum absolute atomic E-state index is 0.0648. The lowest BCUT2D eigenvalue weighted by molar-refractivity contribution is -0.125. The van der Waals surface area contributed by atoms with Crippen LogP contribution in [-0.2, 0) is 11.4 Å².